The first-order valence-corrected chi connectivity index (χ1v) is 13.8. The topological polar surface area (TPSA) is 59.8 Å². The van der Waals surface area contributed by atoms with Gasteiger partial charge in [-0.15, -0.1) is 0 Å². The largest absolute Gasteiger partial charge is 0.349 e. The molecular formula is C30H34N4OS. The van der Waals surface area contributed by atoms with Gasteiger partial charge >= 0.3 is 0 Å². The minimum absolute atomic E-state index is 0.0270. The monoisotopic (exact) mass is 498 g/mol. The highest BCUT2D eigenvalue weighted by Crippen LogP contribution is 2.30. The molecule has 0 bridgehead atoms. The van der Waals surface area contributed by atoms with E-state index in [4.69, 9.17) is 4.98 Å². The number of amides is 1. The van der Waals surface area contributed by atoms with Crippen LogP contribution in [0.4, 0.5) is 0 Å². The number of pyridine rings is 1. The zero-order chi connectivity index (χ0) is 25.1. The molecule has 6 heteroatoms. The summed E-state index contributed by atoms with van der Waals surface area (Å²) in [6.45, 7) is 7.34. The molecule has 2 aromatic heterocycles. The van der Waals surface area contributed by atoms with E-state index in [1.54, 1.807) is 18.0 Å². The standard InChI is InChI=1S/C30H34N4OS/c1-20-7-9-24(10-8-20)19-36-30-33-27-15-16-31-17-28(27)34(30)18-23-11-13-25(14-12-23)29(35)32-26-6-4-5-21(2)22(26)3/h7-17,21-22,26H,4-6,18-19H2,1-3H3,(H,32,35)/t21-,22-,26-/m1/s1. The number of aryl methyl sites for hydroxylation is 1. The summed E-state index contributed by atoms with van der Waals surface area (Å²) in [6, 6.07) is 18.9. The molecule has 0 saturated heterocycles. The highest BCUT2D eigenvalue weighted by molar-refractivity contribution is 7.98. The Bertz CT molecular complexity index is 1330. The van der Waals surface area contributed by atoms with Crippen molar-refractivity contribution in [2.24, 2.45) is 11.8 Å². The maximum absolute atomic E-state index is 12.9. The van der Waals surface area contributed by atoms with Crippen molar-refractivity contribution < 1.29 is 4.79 Å². The molecule has 5 nitrogen and oxygen atoms in total. The van der Waals surface area contributed by atoms with Gasteiger partial charge in [0.25, 0.3) is 5.91 Å². The smallest absolute Gasteiger partial charge is 0.251 e. The summed E-state index contributed by atoms with van der Waals surface area (Å²) >= 11 is 1.74. The summed E-state index contributed by atoms with van der Waals surface area (Å²) in [6.07, 6.45) is 7.18. The van der Waals surface area contributed by atoms with Crippen molar-refractivity contribution in [3.05, 3.63) is 89.2 Å². The molecule has 186 valence electrons. The summed E-state index contributed by atoms with van der Waals surface area (Å²) in [7, 11) is 0. The van der Waals surface area contributed by atoms with Crippen molar-refractivity contribution in [1.82, 2.24) is 19.9 Å². The normalized spacial score (nSPS) is 19.9. The van der Waals surface area contributed by atoms with E-state index >= 15 is 0 Å². The SMILES string of the molecule is Cc1ccc(CSc2nc3ccncc3n2Cc2ccc(C(=O)N[C@@H]3CCC[C@@H](C)[C@H]3C)cc2)cc1. The Morgan fingerprint density at radius 1 is 1.03 bits per heavy atom. The van der Waals surface area contributed by atoms with E-state index in [2.05, 4.69) is 72.0 Å². The summed E-state index contributed by atoms with van der Waals surface area (Å²) < 4.78 is 2.22. The zero-order valence-corrected chi connectivity index (χ0v) is 22.1. The van der Waals surface area contributed by atoms with Crippen molar-refractivity contribution in [2.45, 2.75) is 63.5 Å². The fourth-order valence-electron chi connectivity index (χ4n) is 5.02. The number of carbonyl (C=O) groups is 1. The van der Waals surface area contributed by atoms with Crippen LogP contribution >= 0.6 is 11.8 Å². The van der Waals surface area contributed by atoms with Crippen LogP contribution in [0.5, 0.6) is 0 Å². The molecule has 4 aromatic rings. The maximum atomic E-state index is 12.9. The lowest BCUT2D eigenvalue weighted by molar-refractivity contribution is 0.0891. The van der Waals surface area contributed by atoms with E-state index < -0.39 is 0 Å². The van der Waals surface area contributed by atoms with Crippen molar-refractivity contribution >= 4 is 28.7 Å². The first kappa shape index (κ1) is 24.6. The second-order valence-corrected chi connectivity index (χ2v) is 11.1. The van der Waals surface area contributed by atoms with E-state index in [1.165, 1.54) is 24.0 Å². The van der Waals surface area contributed by atoms with Gasteiger partial charge in [0.2, 0.25) is 0 Å². The predicted octanol–water partition coefficient (Wildman–Crippen LogP) is 6.63. The van der Waals surface area contributed by atoms with Crippen LogP contribution in [0.15, 0.2) is 72.1 Å². The second kappa shape index (κ2) is 10.9. The molecule has 0 unspecified atom stereocenters. The first-order chi connectivity index (χ1) is 17.5. The van der Waals surface area contributed by atoms with Crippen LogP contribution in [-0.2, 0) is 12.3 Å². The fraction of sp³-hybridized carbons (Fsp3) is 0.367. The van der Waals surface area contributed by atoms with Crippen LogP contribution in [0, 0.1) is 18.8 Å². The molecule has 36 heavy (non-hydrogen) atoms. The molecule has 1 fully saturated rings. The van der Waals surface area contributed by atoms with Gasteiger partial charge < -0.3 is 9.88 Å². The molecule has 1 N–H and O–H groups in total. The third kappa shape index (κ3) is 5.49. The van der Waals surface area contributed by atoms with E-state index in [1.807, 2.05) is 24.4 Å². The van der Waals surface area contributed by atoms with Gasteiger partial charge in [0, 0.05) is 23.6 Å². The average Bonchev–Trinajstić information content (AvgIpc) is 3.24. The number of imidazole rings is 1. The minimum atomic E-state index is 0.0270. The number of carbonyl (C=O) groups excluding carboxylic acids is 1. The van der Waals surface area contributed by atoms with Crippen LogP contribution < -0.4 is 5.32 Å². The molecule has 2 aromatic carbocycles. The molecule has 0 aliphatic heterocycles. The summed E-state index contributed by atoms with van der Waals surface area (Å²) in [4.78, 5) is 22.2. The molecular weight excluding hydrogens is 464 g/mol. The fourth-order valence-corrected chi connectivity index (χ4v) is 5.99. The van der Waals surface area contributed by atoms with Gasteiger partial charge in [-0.25, -0.2) is 4.98 Å². The predicted molar refractivity (Wildman–Crippen MR) is 147 cm³/mol. The van der Waals surface area contributed by atoms with Crippen LogP contribution in [0.1, 0.15) is 60.2 Å². The van der Waals surface area contributed by atoms with Gasteiger partial charge in [0.1, 0.15) is 0 Å². The van der Waals surface area contributed by atoms with Gasteiger partial charge in [-0.05, 0) is 54.5 Å². The molecule has 2 heterocycles. The maximum Gasteiger partial charge on any atom is 0.251 e. The van der Waals surface area contributed by atoms with Gasteiger partial charge in [0.05, 0.1) is 23.8 Å². The molecule has 5 rings (SSSR count). The number of hydrogen-bond donors (Lipinski definition) is 1. The Hall–Kier alpha value is -3.12. The first-order valence-electron chi connectivity index (χ1n) is 12.9. The Morgan fingerprint density at radius 3 is 2.56 bits per heavy atom. The summed E-state index contributed by atoms with van der Waals surface area (Å²) in [5.41, 5.74) is 6.36. The van der Waals surface area contributed by atoms with E-state index in [0.29, 0.717) is 18.4 Å². The second-order valence-electron chi connectivity index (χ2n) is 10.2. The van der Waals surface area contributed by atoms with E-state index in [-0.39, 0.29) is 11.9 Å². The number of rotatable bonds is 7. The van der Waals surface area contributed by atoms with Crippen molar-refractivity contribution in [3.63, 3.8) is 0 Å². The van der Waals surface area contributed by atoms with E-state index in [9.17, 15) is 4.79 Å². The summed E-state index contributed by atoms with van der Waals surface area (Å²) in [5.74, 6) is 2.05. The van der Waals surface area contributed by atoms with Crippen LogP contribution in [0.2, 0.25) is 0 Å². The van der Waals surface area contributed by atoms with Crippen molar-refractivity contribution in [1.29, 1.82) is 0 Å². The highest BCUT2D eigenvalue weighted by atomic mass is 32.2. The number of nitrogens with zero attached hydrogens (tertiary/aromatic N) is 3. The lowest BCUT2D eigenvalue weighted by atomic mass is 9.78. The molecule has 1 aliphatic carbocycles. The molecule has 1 saturated carbocycles. The van der Waals surface area contributed by atoms with Gasteiger partial charge in [-0.2, -0.15) is 0 Å². The molecule has 3 atom stereocenters. The lowest BCUT2D eigenvalue weighted by Crippen LogP contribution is -2.43. The van der Waals surface area contributed by atoms with E-state index in [0.717, 1.165) is 39.5 Å². The average molecular weight is 499 g/mol. The Balaban J connectivity index is 1.31. The van der Waals surface area contributed by atoms with Crippen LogP contribution in [0.3, 0.4) is 0 Å². The zero-order valence-electron chi connectivity index (χ0n) is 21.3. The molecule has 0 radical (unpaired) electrons. The number of aromatic nitrogens is 3. The van der Waals surface area contributed by atoms with Crippen LogP contribution in [0.25, 0.3) is 11.0 Å². The van der Waals surface area contributed by atoms with Gasteiger partial charge in [-0.1, -0.05) is 80.4 Å². The summed E-state index contributed by atoms with van der Waals surface area (Å²) in [5, 5.41) is 4.26. The van der Waals surface area contributed by atoms with Gasteiger partial charge in [0.15, 0.2) is 5.16 Å². The number of fused-ring (bicyclic) bond motifs is 1. The third-order valence-electron chi connectivity index (χ3n) is 7.58. The minimum Gasteiger partial charge on any atom is -0.349 e. The lowest BCUT2D eigenvalue weighted by Gasteiger charge is -2.34. The van der Waals surface area contributed by atoms with Crippen molar-refractivity contribution in [3.8, 4) is 0 Å². The third-order valence-corrected chi connectivity index (χ3v) is 8.63. The number of thioether (sulfide) groups is 1. The molecule has 1 amide bonds. The Kier molecular flexibility index (Phi) is 7.42. The van der Waals surface area contributed by atoms with Crippen molar-refractivity contribution in [2.75, 3.05) is 0 Å². The molecule has 1 aliphatic rings. The Morgan fingerprint density at radius 2 is 1.78 bits per heavy atom. The van der Waals surface area contributed by atoms with Gasteiger partial charge in [-0.3, -0.25) is 9.78 Å². The molecule has 0 spiro atoms. The quantitative estimate of drug-likeness (QED) is 0.290. The highest BCUT2D eigenvalue weighted by Gasteiger charge is 2.28. The number of nitrogens with one attached hydrogen (secondary N) is 1. The number of hydrogen-bond acceptors (Lipinski definition) is 4. The number of benzene rings is 2. The Labute approximate surface area is 217 Å². The van der Waals surface area contributed by atoms with Crippen LogP contribution in [-0.4, -0.2) is 26.5 Å².